The van der Waals surface area contributed by atoms with Gasteiger partial charge in [0.25, 0.3) is 0 Å². The predicted molar refractivity (Wildman–Crippen MR) is 174 cm³/mol. The second-order valence-electron chi connectivity index (χ2n) is 13.7. The molecule has 0 aliphatic heterocycles. The summed E-state index contributed by atoms with van der Waals surface area (Å²) in [5.74, 6) is 0.607. The molecule has 0 radical (unpaired) electrons. The molecule has 0 fully saturated rings. The molecular weight excluding hydrogens is 620 g/mol. The van der Waals surface area contributed by atoms with E-state index in [9.17, 15) is 22.8 Å². The Kier molecular flexibility index (Phi) is 9.94. The maximum atomic E-state index is 13.2. The summed E-state index contributed by atoms with van der Waals surface area (Å²) in [6, 6.07) is 16.0. The monoisotopic (exact) mass is 661 g/mol. The summed E-state index contributed by atoms with van der Waals surface area (Å²) in [5.41, 5.74) is 0.246. The molecule has 2 N–H and O–H groups in total. The van der Waals surface area contributed by atoms with Gasteiger partial charge in [0.15, 0.2) is 14.1 Å². The normalized spacial score (nSPS) is 15.3. The fraction of sp³-hybridized carbons (Fsp3) is 0.469. The van der Waals surface area contributed by atoms with Gasteiger partial charge in [0, 0.05) is 35.2 Å². The third-order valence-corrected chi connectivity index (χ3v) is 14.1. The van der Waals surface area contributed by atoms with Crippen LogP contribution in [0.5, 0.6) is 0 Å². The molecule has 0 bridgehead atoms. The molecule has 4 rings (SSSR count). The van der Waals surface area contributed by atoms with Crippen LogP contribution in [0.1, 0.15) is 65.8 Å². The molecule has 0 saturated carbocycles. The molecule has 13 heteroatoms. The van der Waals surface area contributed by atoms with Crippen molar-refractivity contribution in [2.45, 2.75) is 95.8 Å². The fourth-order valence-corrected chi connectivity index (χ4v) is 5.94. The number of aromatic nitrogens is 4. The van der Waals surface area contributed by atoms with Gasteiger partial charge >= 0.3 is 6.18 Å². The summed E-state index contributed by atoms with van der Waals surface area (Å²) in [4.78, 5) is 9.36. The highest BCUT2D eigenvalue weighted by Crippen LogP contribution is 2.37. The van der Waals surface area contributed by atoms with Gasteiger partial charge in [-0.05, 0) is 69.2 Å². The second kappa shape index (κ2) is 12.8. The van der Waals surface area contributed by atoms with Crippen molar-refractivity contribution in [3.05, 3.63) is 72.2 Å². The molecule has 3 heterocycles. The molecule has 2 atom stereocenters. The van der Waals surface area contributed by atoms with Crippen LogP contribution in [-0.4, -0.2) is 48.6 Å². The summed E-state index contributed by atoms with van der Waals surface area (Å²) < 4.78 is 62.3. The van der Waals surface area contributed by atoms with Gasteiger partial charge in [-0.1, -0.05) is 45.0 Å². The van der Waals surface area contributed by atoms with Crippen LogP contribution in [0, 0.1) is 0 Å². The average molecular weight is 662 g/mol. The zero-order valence-corrected chi connectivity index (χ0v) is 28.8. The van der Waals surface area contributed by atoms with E-state index in [2.05, 4.69) is 48.7 Å². The number of benzene rings is 1. The fourth-order valence-electron chi connectivity index (χ4n) is 4.18. The number of nitrogens with zero attached hydrogens (tertiary/aromatic N) is 4. The summed E-state index contributed by atoms with van der Waals surface area (Å²) in [5, 5.41) is 16.9. The molecule has 3 aromatic heterocycles. The topological polar surface area (TPSA) is 108 Å². The van der Waals surface area contributed by atoms with Crippen LogP contribution in [-0.2, 0) is 28.1 Å². The third-order valence-electron chi connectivity index (χ3n) is 8.02. The number of pyridine rings is 2. The molecule has 1 unspecified atom stereocenters. The van der Waals surface area contributed by atoms with Gasteiger partial charge in [-0.25, -0.2) is 14.6 Å². The Balaban J connectivity index is 1.68. The number of hydrogen-bond acceptors (Lipinski definition) is 7. The van der Waals surface area contributed by atoms with Crippen molar-refractivity contribution in [3.63, 3.8) is 0 Å². The van der Waals surface area contributed by atoms with E-state index in [0.717, 1.165) is 16.6 Å². The van der Waals surface area contributed by atoms with Crippen LogP contribution in [0.2, 0.25) is 18.1 Å². The first-order valence-corrected chi connectivity index (χ1v) is 18.8. The summed E-state index contributed by atoms with van der Waals surface area (Å²) in [6.45, 7) is 16.3. The number of nitrogens with one attached hydrogen (secondary N) is 1. The first-order chi connectivity index (χ1) is 20.7. The SMILES string of the molecule is CC(C)(C)[S@@+]([O-])NC(O)(CCC(F)(F)F)c1cccc(-c2ccc3cnn(-c4cccc(CO[Si](C)(C)C(C)(C)C)n4)c3c2)n1. The molecule has 0 amide bonds. The van der Waals surface area contributed by atoms with Gasteiger partial charge < -0.3 is 14.1 Å². The lowest BCUT2D eigenvalue weighted by atomic mass is 10.0. The van der Waals surface area contributed by atoms with Crippen LogP contribution in [0.4, 0.5) is 13.2 Å². The van der Waals surface area contributed by atoms with E-state index in [-0.39, 0.29) is 10.7 Å². The highest BCUT2D eigenvalue weighted by Gasteiger charge is 2.43. The highest BCUT2D eigenvalue weighted by molar-refractivity contribution is 7.90. The third kappa shape index (κ3) is 8.51. The Morgan fingerprint density at radius 3 is 2.29 bits per heavy atom. The van der Waals surface area contributed by atoms with E-state index in [1.54, 1.807) is 43.8 Å². The molecule has 1 aromatic carbocycles. The molecule has 8 nitrogen and oxygen atoms in total. The van der Waals surface area contributed by atoms with Crippen molar-refractivity contribution in [2.75, 3.05) is 0 Å². The molecule has 0 aliphatic carbocycles. The van der Waals surface area contributed by atoms with Gasteiger partial charge in [-0.3, -0.25) is 0 Å². The maximum Gasteiger partial charge on any atom is 0.389 e. The summed E-state index contributed by atoms with van der Waals surface area (Å²) >= 11 is -1.87. The lowest BCUT2D eigenvalue weighted by molar-refractivity contribution is -0.149. The van der Waals surface area contributed by atoms with Crippen LogP contribution in [0.3, 0.4) is 0 Å². The summed E-state index contributed by atoms with van der Waals surface area (Å²) in [6.07, 6.45) is -4.85. The first-order valence-electron chi connectivity index (χ1n) is 14.7. The Morgan fingerprint density at radius 1 is 0.956 bits per heavy atom. The van der Waals surface area contributed by atoms with E-state index in [0.29, 0.717) is 23.7 Å². The van der Waals surface area contributed by atoms with Gasteiger partial charge in [-0.2, -0.15) is 18.3 Å². The minimum absolute atomic E-state index is 0.0634. The highest BCUT2D eigenvalue weighted by atomic mass is 32.2. The Bertz CT molecular complexity index is 1630. The average Bonchev–Trinajstić information content (AvgIpc) is 3.37. The van der Waals surface area contributed by atoms with E-state index >= 15 is 0 Å². The number of aliphatic hydroxyl groups is 1. The standard InChI is InChI=1S/C32H42F3N5O3SSi/c1-29(2,3)44(42)39-31(41,17-18-32(33,34)35)27-13-10-12-25(38-27)22-15-16-23-20-36-40(26(23)19-22)28-14-9-11-24(37-28)21-43-45(7,8)30(4,5)6/h9-16,19-20,39,41H,17-18,21H2,1-8H3/t31?,44-/m1/s1. The molecular formula is C32H42F3N5O3SSi. The predicted octanol–water partition coefficient (Wildman–Crippen LogP) is 7.54. The van der Waals surface area contributed by atoms with Gasteiger partial charge in [0.1, 0.15) is 4.75 Å². The van der Waals surface area contributed by atoms with Crippen molar-refractivity contribution in [1.29, 1.82) is 0 Å². The van der Waals surface area contributed by atoms with E-state index < -0.39 is 49.2 Å². The number of alkyl halides is 3. The zero-order chi connectivity index (χ0) is 33.4. The number of halogens is 3. The van der Waals surface area contributed by atoms with Crippen LogP contribution in [0.15, 0.2) is 60.8 Å². The van der Waals surface area contributed by atoms with Crippen molar-refractivity contribution >= 4 is 30.6 Å². The number of fused-ring (bicyclic) bond motifs is 1. The van der Waals surface area contributed by atoms with Gasteiger partial charge in [-0.15, -0.1) is 4.72 Å². The minimum atomic E-state index is -4.53. The molecule has 0 saturated heterocycles. The smallest absolute Gasteiger partial charge is 0.389 e. The Morgan fingerprint density at radius 2 is 1.64 bits per heavy atom. The van der Waals surface area contributed by atoms with Crippen LogP contribution < -0.4 is 4.72 Å². The molecule has 4 aromatic rings. The van der Waals surface area contributed by atoms with Gasteiger partial charge in [0.05, 0.1) is 35.4 Å². The largest absolute Gasteiger partial charge is 0.598 e. The first kappa shape index (κ1) is 35.0. The molecule has 244 valence electrons. The molecule has 0 spiro atoms. The van der Waals surface area contributed by atoms with Crippen molar-refractivity contribution in [1.82, 2.24) is 24.5 Å². The van der Waals surface area contributed by atoms with Crippen molar-refractivity contribution in [3.8, 4) is 17.1 Å². The maximum absolute atomic E-state index is 13.2. The summed E-state index contributed by atoms with van der Waals surface area (Å²) in [7, 11) is -1.98. The lowest BCUT2D eigenvalue weighted by Gasteiger charge is -2.36. The Hall–Kier alpha value is -2.81. The zero-order valence-electron chi connectivity index (χ0n) is 27.0. The molecule has 0 aliphatic rings. The van der Waals surface area contributed by atoms with E-state index in [1.165, 1.54) is 6.07 Å². The van der Waals surface area contributed by atoms with E-state index in [1.807, 2.05) is 36.4 Å². The van der Waals surface area contributed by atoms with Gasteiger partial charge in [0.2, 0.25) is 5.72 Å². The van der Waals surface area contributed by atoms with Crippen molar-refractivity contribution < 1.29 is 27.3 Å². The quantitative estimate of drug-likeness (QED) is 0.103. The second-order valence-corrected chi connectivity index (χ2v) is 20.5. The minimum Gasteiger partial charge on any atom is -0.598 e. The van der Waals surface area contributed by atoms with E-state index in [4.69, 9.17) is 9.41 Å². The molecule has 45 heavy (non-hydrogen) atoms. The lowest BCUT2D eigenvalue weighted by Crippen LogP contribution is -2.52. The van der Waals surface area contributed by atoms with Crippen LogP contribution >= 0.6 is 0 Å². The number of rotatable bonds is 10. The van der Waals surface area contributed by atoms with Crippen LogP contribution in [0.25, 0.3) is 28.0 Å². The Labute approximate surface area is 266 Å². The number of hydrogen-bond donors (Lipinski definition) is 2. The van der Waals surface area contributed by atoms with Crippen molar-refractivity contribution in [2.24, 2.45) is 0 Å².